The molecule has 0 unspecified atom stereocenters. The van der Waals surface area contributed by atoms with Crippen molar-refractivity contribution >= 4 is 0 Å². The molecule has 0 spiro atoms. The number of aromatic nitrogens is 2. The lowest BCUT2D eigenvalue weighted by molar-refractivity contribution is 0.255. The standard InChI is InChI=1S/C23H25N3O2/c1-25-14-12-17(13-15-25)20-16-22(27)26(2)24-23(20)19-10-6-7-11-21(19)28-18-8-4-3-5-9-18/h3-11,16-17H,12-15H2,1-2H3. The van der Waals surface area contributed by atoms with E-state index in [0.717, 1.165) is 54.3 Å². The van der Waals surface area contributed by atoms with Crippen LogP contribution in [0.15, 0.2) is 65.5 Å². The van der Waals surface area contributed by atoms with Gasteiger partial charge in [0, 0.05) is 18.7 Å². The molecule has 2 aromatic carbocycles. The third-order valence-corrected chi connectivity index (χ3v) is 5.39. The van der Waals surface area contributed by atoms with Gasteiger partial charge in [0.25, 0.3) is 5.56 Å². The predicted octanol–water partition coefficient (Wildman–Crippen LogP) is 4.05. The van der Waals surface area contributed by atoms with Gasteiger partial charge in [-0.05, 0) is 68.7 Å². The number of benzene rings is 2. The third kappa shape index (κ3) is 3.85. The summed E-state index contributed by atoms with van der Waals surface area (Å²) in [7, 11) is 3.84. The molecule has 1 fully saturated rings. The van der Waals surface area contributed by atoms with Crippen LogP contribution in [-0.4, -0.2) is 34.8 Å². The second-order valence-corrected chi connectivity index (χ2v) is 7.40. The number of piperidine rings is 1. The fraction of sp³-hybridized carbons (Fsp3) is 0.304. The lowest BCUT2D eigenvalue weighted by Crippen LogP contribution is -2.30. The number of likely N-dealkylation sites (tertiary alicyclic amines) is 1. The lowest BCUT2D eigenvalue weighted by Gasteiger charge is -2.30. The maximum absolute atomic E-state index is 12.4. The van der Waals surface area contributed by atoms with E-state index in [2.05, 4.69) is 17.0 Å². The summed E-state index contributed by atoms with van der Waals surface area (Å²) in [5.41, 5.74) is 2.71. The van der Waals surface area contributed by atoms with Gasteiger partial charge in [-0.25, -0.2) is 4.68 Å². The molecule has 0 aliphatic carbocycles. The first-order chi connectivity index (χ1) is 13.6. The zero-order valence-corrected chi connectivity index (χ0v) is 16.3. The summed E-state index contributed by atoms with van der Waals surface area (Å²) in [4.78, 5) is 14.7. The van der Waals surface area contributed by atoms with Gasteiger partial charge in [-0.3, -0.25) is 4.79 Å². The van der Waals surface area contributed by atoms with Crippen molar-refractivity contribution in [2.45, 2.75) is 18.8 Å². The number of nitrogens with zero attached hydrogens (tertiary/aromatic N) is 3. The summed E-state index contributed by atoms with van der Waals surface area (Å²) < 4.78 is 7.57. The highest BCUT2D eigenvalue weighted by Crippen LogP contribution is 2.38. The van der Waals surface area contributed by atoms with Gasteiger partial charge in [-0.15, -0.1) is 0 Å². The van der Waals surface area contributed by atoms with Crippen LogP contribution >= 0.6 is 0 Å². The highest BCUT2D eigenvalue weighted by atomic mass is 16.5. The van der Waals surface area contributed by atoms with Crippen LogP contribution in [0.1, 0.15) is 24.3 Å². The first kappa shape index (κ1) is 18.4. The van der Waals surface area contributed by atoms with Gasteiger partial charge in [-0.1, -0.05) is 30.3 Å². The molecule has 2 heterocycles. The molecule has 1 aromatic heterocycles. The molecule has 0 bridgehead atoms. The molecule has 144 valence electrons. The smallest absolute Gasteiger partial charge is 0.266 e. The van der Waals surface area contributed by atoms with Crippen molar-refractivity contribution in [3.05, 3.63) is 76.6 Å². The minimum absolute atomic E-state index is 0.0702. The average molecular weight is 375 g/mol. The first-order valence-electron chi connectivity index (χ1n) is 9.71. The van der Waals surface area contributed by atoms with Gasteiger partial charge >= 0.3 is 0 Å². The van der Waals surface area contributed by atoms with Crippen molar-refractivity contribution in [3.8, 4) is 22.8 Å². The van der Waals surface area contributed by atoms with E-state index in [4.69, 9.17) is 4.74 Å². The van der Waals surface area contributed by atoms with E-state index >= 15 is 0 Å². The summed E-state index contributed by atoms with van der Waals surface area (Å²) in [5, 5.41) is 4.65. The van der Waals surface area contributed by atoms with Crippen LogP contribution in [-0.2, 0) is 7.05 Å². The number of aryl methyl sites for hydroxylation is 1. The van der Waals surface area contributed by atoms with Crippen LogP contribution in [0, 0.1) is 0 Å². The van der Waals surface area contributed by atoms with Crippen LogP contribution in [0.2, 0.25) is 0 Å². The summed E-state index contributed by atoms with van der Waals surface area (Å²) in [6.07, 6.45) is 2.06. The molecular weight excluding hydrogens is 350 g/mol. The molecule has 0 atom stereocenters. The summed E-state index contributed by atoms with van der Waals surface area (Å²) in [5.74, 6) is 1.85. The van der Waals surface area contributed by atoms with Gasteiger partial charge in [0.15, 0.2) is 0 Å². The molecule has 4 rings (SSSR count). The molecule has 0 N–H and O–H groups in total. The molecule has 5 nitrogen and oxygen atoms in total. The first-order valence-corrected chi connectivity index (χ1v) is 9.71. The Kier molecular flexibility index (Phi) is 5.26. The van der Waals surface area contributed by atoms with Crippen molar-refractivity contribution in [3.63, 3.8) is 0 Å². The van der Waals surface area contributed by atoms with E-state index in [1.807, 2.05) is 54.6 Å². The number of ether oxygens (including phenoxy) is 1. The van der Waals surface area contributed by atoms with E-state index < -0.39 is 0 Å². The summed E-state index contributed by atoms with van der Waals surface area (Å²) in [6.45, 7) is 2.06. The second kappa shape index (κ2) is 7.98. The van der Waals surface area contributed by atoms with E-state index in [0.29, 0.717) is 5.92 Å². The maximum atomic E-state index is 12.4. The normalized spacial score (nSPS) is 15.5. The Morgan fingerprint density at radius 2 is 1.64 bits per heavy atom. The number of hydrogen-bond acceptors (Lipinski definition) is 4. The second-order valence-electron chi connectivity index (χ2n) is 7.40. The van der Waals surface area contributed by atoms with Crippen molar-refractivity contribution in [1.82, 2.24) is 14.7 Å². The number of para-hydroxylation sites is 2. The molecule has 5 heteroatoms. The van der Waals surface area contributed by atoms with Gasteiger partial charge in [0.1, 0.15) is 11.5 Å². The molecule has 1 aliphatic heterocycles. The Hall–Kier alpha value is -2.92. The molecule has 28 heavy (non-hydrogen) atoms. The van der Waals surface area contributed by atoms with Crippen molar-refractivity contribution in [2.75, 3.05) is 20.1 Å². The molecule has 0 saturated carbocycles. The molecule has 3 aromatic rings. The summed E-state index contributed by atoms with van der Waals surface area (Å²) in [6, 6.07) is 19.4. The molecule has 1 saturated heterocycles. The highest BCUT2D eigenvalue weighted by Gasteiger charge is 2.24. The predicted molar refractivity (Wildman–Crippen MR) is 111 cm³/mol. The number of hydrogen-bond donors (Lipinski definition) is 0. The fourth-order valence-corrected chi connectivity index (χ4v) is 3.76. The van der Waals surface area contributed by atoms with Crippen LogP contribution in [0.4, 0.5) is 0 Å². The summed E-state index contributed by atoms with van der Waals surface area (Å²) >= 11 is 0. The quantitative estimate of drug-likeness (QED) is 0.690. The van der Waals surface area contributed by atoms with E-state index in [-0.39, 0.29) is 5.56 Å². The largest absolute Gasteiger partial charge is 0.457 e. The Balaban J connectivity index is 1.79. The van der Waals surface area contributed by atoms with Crippen molar-refractivity contribution in [1.29, 1.82) is 0 Å². The van der Waals surface area contributed by atoms with Crippen LogP contribution in [0.5, 0.6) is 11.5 Å². The van der Waals surface area contributed by atoms with E-state index in [1.165, 1.54) is 4.68 Å². The van der Waals surface area contributed by atoms with Gasteiger partial charge in [0.2, 0.25) is 0 Å². The highest BCUT2D eigenvalue weighted by molar-refractivity contribution is 5.70. The van der Waals surface area contributed by atoms with Gasteiger partial charge in [0.05, 0.1) is 5.69 Å². The number of rotatable bonds is 4. The Bertz CT molecular complexity index is 1010. The van der Waals surface area contributed by atoms with Crippen LogP contribution < -0.4 is 10.3 Å². The minimum Gasteiger partial charge on any atom is -0.457 e. The maximum Gasteiger partial charge on any atom is 0.266 e. The monoisotopic (exact) mass is 375 g/mol. The minimum atomic E-state index is -0.0702. The zero-order valence-electron chi connectivity index (χ0n) is 16.3. The Labute approximate surface area is 165 Å². The third-order valence-electron chi connectivity index (χ3n) is 5.39. The molecule has 0 radical (unpaired) electrons. The van der Waals surface area contributed by atoms with Gasteiger partial charge in [-0.2, -0.15) is 5.10 Å². The molecule has 1 aliphatic rings. The Morgan fingerprint density at radius 1 is 0.964 bits per heavy atom. The van der Waals surface area contributed by atoms with Gasteiger partial charge < -0.3 is 9.64 Å². The van der Waals surface area contributed by atoms with Crippen LogP contribution in [0.3, 0.4) is 0 Å². The van der Waals surface area contributed by atoms with Crippen molar-refractivity contribution < 1.29 is 4.74 Å². The Morgan fingerprint density at radius 3 is 2.39 bits per heavy atom. The van der Waals surface area contributed by atoms with Crippen LogP contribution in [0.25, 0.3) is 11.3 Å². The topological polar surface area (TPSA) is 47.4 Å². The van der Waals surface area contributed by atoms with Crippen molar-refractivity contribution in [2.24, 2.45) is 7.05 Å². The fourth-order valence-electron chi connectivity index (χ4n) is 3.76. The lowest BCUT2D eigenvalue weighted by atomic mass is 9.87. The average Bonchev–Trinajstić information content (AvgIpc) is 2.72. The molecular formula is C23H25N3O2. The van der Waals surface area contributed by atoms with E-state index in [1.54, 1.807) is 13.1 Å². The zero-order chi connectivity index (χ0) is 19.5. The van der Waals surface area contributed by atoms with E-state index in [9.17, 15) is 4.79 Å². The molecule has 0 amide bonds. The SMILES string of the molecule is CN1CCC(c2cc(=O)n(C)nc2-c2ccccc2Oc2ccccc2)CC1.